The SMILES string of the molecule is C=C1C(C)=C(OC(C)=O)N=CN1Cc1nc([C@@H]2CO[C@@H](c3ccc(CC)cc3)C2)no1.CC. The van der Waals surface area contributed by atoms with Crippen molar-refractivity contribution in [1.82, 2.24) is 15.0 Å². The Morgan fingerprint density at radius 3 is 2.67 bits per heavy atom. The van der Waals surface area contributed by atoms with Gasteiger partial charge < -0.3 is 18.9 Å². The Labute approximate surface area is 195 Å². The van der Waals surface area contributed by atoms with Gasteiger partial charge >= 0.3 is 5.97 Å². The van der Waals surface area contributed by atoms with Crippen LogP contribution in [-0.4, -0.2) is 34.0 Å². The fourth-order valence-corrected chi connectivity index (χ4v) is 3.65. The van der Waals surface area contributed by atoms with Gasteiger partial charge in [0, 0.05) is 24.1 Å². The Balaban J connectivity index is 0.00000149. The summed E-state index contributed by atoms with van der Waals surface area (Å²) >= 11 is 0. The van der Waals surface area contributed by atoms with Crippen molar-refractivity contribution >= 4 is 12.3 Å². The quantitative estimate of drug-likeness (QED) is 0.566. The first-order chi connectivity index (χ1) is 15.9. The molecule has 176 valence electrons. The second kappa shape index (κ2) is 11.0. The Morgan fingerprint density at radius 2 is 2.00 bits per heavy atom. The molecular weight excluding hydrogens is 420 g/mol. The van der Waals surface area contributed by atoms with Gasteiger partial charge in [-0.3, -0.25) is 4.79 Å². The fraction of sp³-hybridized carbons (Fsp3) is 0.440. The molecular formula is C25H32N4O4. The summed E-state index contributed by atoms with van der Waals surface area (Å²) < 4.78 is 16.6. The lowest BCUT2D eigenvalue weighted by Crippen LogP contribution is -2.25. The first kappa shape index (κ1) is 24.4. The van der Waals surface area contributed by atoms with Crippen molar-refractivity contribution in [1.29, 1.82) is 0 Å². The van der Waals surface area contributed by atoms with Crippen LogP contribution in [0.15, 0.2) is 57.5 Å². The second-order valence-corrected chi connectivity index (χ2v) is 7.74. The van der Waals surface area contributed by atoms with Crippen molar-refractivity contribution in [2.45, 2.75) is 66.0 Å². The predicted molar refractivity (Wildman–Crippen MR) is 125 cm³/mol. The molecule has 0 spiro atoms. The summed E-state index contributed by atoms with van der Waals surface area (Å²) in [6.07, 6.45) is 3.43. The lowest BCUT2D eigenvalue weighted by atomic mass is 9.99. The monoisotopic (exact) mass is 452 g/mol. The molecule has 1 aromatic heterocycles. The summed E-state index contributed by atoms with van der Waals surface area (Å²) in [5, 5.41) is 4.17. The minimum Gasteiger partial charge on any atom is -0.407 e. The average molecular weight is 453 g/mol. The number of esters is 1. The number of aliphatic imine (C=N–C) groups is 1. The van der Waals surface area contributed by atoms with Crippen LogP contribution < -0.4 is 0 Å². The number of hydrogen-bond donors (Lipinski definition) is 0. The molecule has 2 atom stereocenters. The molecule has 1 fully saturated rings. The molecule has 33 heavy (non-hydrogen) atoms. The number of aromatic nitrogens is 2. The summed E-state index contributed by atoms with van der Waals surface area (Å²) in [5.41, 5.74) is 3.83. The zero-order valence-electron chi connectivity index (χ0n) is 20.0. The van der Waals surface area contributed by atoms with E-state index in [0.29, 0.717) is 36.1 Å². The van der Waals surface area contributed by atoms with Crippen molar-refractivity contribution in [3.8, 4) is 0 Å². The van der Waals surface area contributed by atoms with Gasteiger partial charge in [-0.2, -0.15) is 4.98 Å². The minimum atomic E-state index is -0.423. The molecule has 8 heteroatoms. The normalized spacial score (nSPS) is 20.0. The second-order valence-electron chi connectivity index (χ2n) is 7.74. The van der Waals surface area contributed by atoms with E-state index in [9.17, 15) is 4.79 Å². The molecule has 2 aliphatic heterocycles. The number of aryl methyl sites for hydroxylation is 1. The minimum absolute atomic E-state index is 0.0411. The molecule has 2 aromatic rings. The first-order valence-corrected chi connectivity index (χ1v) is 11.4. The van der Waals surface area contributed by atoms with E-state index in [4.69, 9.17) is 14.0 Å². The molecule has 0 radical (unpaired) electrons. The van der Waals surface area contributed by atoms with E-state index in [-0.39, 0.29) is 17.9 Å². The van der Waals surface area contributed by atoms with E-state index in [1.165, 1.54) is 18.1 Å². The van der Waals surface area contributed by atoms with Crippen molar-refractivity contribution < 1.29 is 18.8 Å². The summed E-state index contributed by atoms with van der Waals surface area (Å²) in [4.78, 5) is 21.7. The van der Waals surface area contributed by atoms with Gasteiger partial charge in [0.15, 0.2) is 5.82 Å². The summed E-state index contributed by atoms with van der Waals surface area (Å²) in [6.45, 7) is 14.2. The highest BCUT2D eigenvalue weighted by atomic mass is 16.5. The molecule has 0 N–H and O–H groups in total. The summed E-state index contributed by atoms with van der Waals surface area (Å²) in [6, 6.07) is 8.56. The van der Waals surface area contributed by atoms with Gasteiger partial charge in [-0.15, -0.1) is 0 Å². The van der Waals surface area contributed by atoms with E-state index in [2.05, 4.69) is 52.9 Å². The van der Waals surface area contributed by atoms with E-state index in [0.717, 1.165) is 12.8 Å². The number of hydrogen-bond acceptors (Lipinski definition) is 8. The highest BCUT2D eigenvalue weighted by molar-refractivity contribution is 5.70. The predicted octanol–water partition coefficient (Wildman–Crippen LogP) is 5.06. The van der Waals surface area contributed by atoms with Crippen LogP contribution in [-0.2, 0) is 27.2 Å². The van der Waals surface area contributed by atoms with Crippen LogP contribution in [0.4, 0.5) is 0 Å². The van der Waals surface area contributed by atoms with Gasteiger partial charge in [-0.05, 0) is 30.9 Å². The number of allylic oxidation sites excluding steroid dienone is 1. The third-order valence-corrected chi connectivity index (χ3v) is 5.57. The molecule has 0 aliphatic carbocycles. The van der Waals surface area contributed by atoms with Gasteiger partial charge in [0.1, 0.15) is 6.54 Å². The maximum Gasteiger partial charge on any atom is 0.309 e. The molecule has 4 rings (SSSR count). The molecule has 0 bridgehead atoms. The molecule has 1 aromatic carbocycles. The Morgan fingerprint density at radius 1 is 1.27 bits per heavy atom. The van der Waals surface area contributed by atoms with Gasteiger partial charge in [0.25, 0.3) is 0 Å². The summed E-state index contributed by atoms with van der Waals surface area (Å²) in [5.74, 6) is 1.02. The van der Waals surface area contributed by atoms with Gasteiger partial charge in [-0.1, -0.05) is 56.8 Å². The molecule has 0 saturated carbocycles. The Hall–Kier alpha value is -3.26. The average Bonchev–Trinajstić information content (AvgIpc) is 3.50. The first-order valence-electron chi connectivity index (χ1n) is 11.4. The van der Waals surface area contributed by atoms with Crippen molar-refractivity contribution in [2.24, 2.45) is 4.99 Å². The lowest BCUT2D eigenvalue weighted by molar-refractivity contribution is -0.137. The smallest absolute Gasteiger partial charge is 0.309 e. The van der Waals surface area contributed by atoms with Crippen molar-refractivity contribution in [3.63, 3.8) is 0 Å². The van der Waals surface area contributed by atoms with Crippen molar-refractivity contribution in [2.75, 3.05) is 6.61 Å². The maximum absolute atomic E-state index is 11.2. The van der Waals surface area contributed by atoms with Crippen LogP contribution >= 0.6 is 0 Å². The molecule has 0 unspecified atom stereocenters. The van der Waals surface area contributed by atoms with E-state index in [1.807, 2.05) is 13.8 Å². The standard InChI is InChI=1S/C23H26N4O4.C2H6/c1-5-17-6-8-18(9-7-17)20-10-19(12-29-20)22-25-21(31-26-22)11-27-13-24-23(30-16(4)28)14(2)15(27)3;1-2/h6-9,13,19-20H,3,5,10-12H2,1-2,4H3;1-2H3/t19-,20+;/m0./s1. The van der Waals surface area contributed by atoms with Crippen LogP contribution in [0, 0.1) is 0 Å². The highest BCUT2D eigenvalue weighted by Gasteiger charge is 2.31. The van der Waals surface area contributed by atoms with Crippen LogP contribution in [0.2, 0.25) is 0 Å². The molecule has 1 saturated heterocycles. The number of carbonyl (C=O) groups excluding carboxylic acids is 1. The number of rotatable bonds is 6. The van der Waals surface area contributed by atoms with Gasteiger partial charge in [0.05, 0.1) is 19.0 Å². The highest BCUT2D eigenvalue weighted by Crippen LogP contribution is 2.37. The number of carbonyl (C=O) groups is 1. The summed E-state index contributed by atoms with van der Waals surface area (Å²) in [7, 11) is 0. The van der Waals surface area contributed by atoms with Crippen molar-refractivity contribution in [3.05, 3.63) is 70.8 Å². The van der Waals surface area contributed by atoms with Gasteiger partial charge in [-0.25, -0.2) is 4.99 Å². The lowest BCUT2D eigenvalue weighted by Gasteiger charge is -2.25. The molecule has 8 nitrogen and oxygen atoms in total. The topological polar surface area (TPSA) is 90.0 Å². The molecule has 3 heterocycles. The van der Waals surface area contributed by atoms with Crippen LogP contribution in [0.3, 0.4) is 0 Å². The number of ether oxygens (including phenoxy) is 2. The fourth-order valence-electron chi connectivity index (χ4n) is 3.65. The third kappa shape index (κ3) is 5.76. The molecule has 0 amide bonds. The van der Waals surface area contributed by atoms with Crippen LogP contribution in [0.25, 0.3) is 0 Å². The number of benzene rings is 1. The van der Waals surface area contributed by atoms with E-state index < -0.39 is 5.97 Å². The van der Waals surface area contributed by atoms with Crippen LogP contribution in [0.5, 0.6) is 0 Å². The van der Waals surface area contributed by atoms with E-state index in [1.54, 1.807) is 18.2 Å². The number of nitrogens with zero attached hydrogens (tertiary/aromatic N) is 4. The van der Waals surface area contributed by atoms with E-state index >= 15 is 0 Å². The Bertz CT molecular complexity index is 1040. The van der Waals surface area contributed by atoms with Crippen LogP contribution in [0.1, 0.15) is 75.9 Å². The third-order valence-electron chi connectivity index (χ3n) is 5.57. The van der Waals surface area contributed by atoms with Gasteiger partial charge in [0.2, 0.25) is 11.8 Å². The molecule has 2 aliphatic rings. The largest absolute Gasteiger partial charge is 0.407 e. The zero-order chi connectivity index (χ0) is 24.0. The maximum atomic E-state index is 11.2. The zero-order valence-corrected chi connectivity index (χ0v) is 20.0. The Kier molecular flexibility index (Phi) is 8.16.